The molecule has 3 heteroatoms. The van der Waals surface area contributed by atoms with Crippen LogP contribution in [0.2, 0.25) is 0 Å². The highest BCUT2D eigenvalue weighted by Crippen LogP contribution is 2.19. The van der Waals surface area contributed by atoms with Crippen molar-refractivity contribution in [1.29, 1.82) is 0 Å². The van der Waals surface area contributed by atoms with Crippen LogP contribution in [-0.2, 0) is 11.1 Å². The van der Waals surface area contributed by atoms with Crippen LogP contribution in [0, 0.1) is 6.92 Å². The minimum atomic E-state index is 0. The molecule has 0 bridgehead atoms. The lowest BCUT2D eigenvalue weighted by molar-refractivity contribution is 0.349. The summed E-state index contributed by atoms with van der Waals surface area (Å²) in [5, 5.41) is 1.33. The van der Waals surface area contributed by atoms with Gasteiger partial charge in [0, 0.05) is 34.5 Å². The zero-order valence-electron chi connectivity index (χ0n) is 8.23. The second-order valence-corrected chi connectivity index (χ2v) is 3.72. The number of nitrogens with zero attached hydrogens (tertiary/aromatic N) is 1. The van der Waals surface area contributed by atoms with Gasteiger partial charge in [-0.3, -0.25) is 0 Å². The number of rotatable bonds is 3. The van der Waals surface area contributed by atoms with Crippen molar-refractivity contribution in [1.82, 2.24) is 4.57 Å². The van der Waals surface area contributed by atoms with Gasteiger partial charge < -0.3 is 9.09 Å². The molecule has 2 nitrogen and oxygen atoms in total. The summed E-state index contributed by atoms with van der Waals surface area (Å²) in [6, 6.07) is 8.53. The Morgan fingerprint density at radius 3 is 3.07 bits per heavy atom. The molecule has 0 N–H and O–H groups in total. The van der Waals surface area contributed by atoms with Gasteiger partial charge in [0.1, 0.15) is 0 Å². The molecule has 0 saturated heterocycles. The van der Waals surface area contributed by atoms with E-state index < -0.39 is 0 Å². The third-order valence-electron chi connectivity index (χ3n) is 2.48. The second-order valence-electron chi connectivity index (χ2n) is 3.39. The molecule has 2 aromatic rings. The van der Waals surface area contributed by atoms with Gasteiger partial charge in [0.05, 0.1) is 6.61 Å². The van der Waals surface area contributed by atoms with E-state index in [0.29, 0.717) is 0 Å². The topological polar surface area (TPSA) is 14.2 Å². The highest BCUT2D eigenvalue weighted by atomic mass is 31.0. The number of hydrogen-bond donors (Lipinski definition) is 0. The molecule has 0 aliphatic rings. The fraction of sp³-hybridized carbons (Fsp3) is 0.273. The molecule has 2 rings (SSSR count). The van der Waals surface area contributed by atoms with E-state index in [1.165, 1.54) is 16.5 Å². The van der Waals surface area contributed by atoms with Crippen molar-refractivity contribution in [3.63, 3.8) is 0 Å². The summed E-state index contributed by atoms with van der Waals surface area (Å²) in [6.07, 6.45) is 2.11. The van der Waals surface area contributed by atoms with E-state index in [9.17, 15) is 0 Å². The zero-order valence-corrected chi connectivity index (χ0v) is 9.39. The van der Waals surface area contributed by atoms with Crippen LogP contribution < -0.4 is 0 Å². The number of hydrogen-bond acceptors (Lipinski definition) is 1. The average Bonchev–Trinajstić information content (AvgIpc) is 2.60. The fourth-order valence-electron chi connectivity index (χ4n) is 1.72. The Balaban J connectivity index is 0.00000112. The first-order chi connectivity index (χ1) is 6.83. The van der Waals surface area contributed by atoms with Gasteiger partial charge in [0.25, 0.3) is 0 Å². The minimum Gasteiger partial charge on any atom is -0.364 e. The van der Waals surface area contributed by atoms with Crippen LogP contribution in [0.5, 0.6) is 0 Å². The number of aryl methyl sites for hydroxylation is 1. The van der Waals surface area contributed by atoms with E-state index in [-0.39, 0.29) is 1.43 Å². The van der Waals surface area contributed by atoms with Crippen molar-refractivity contribution in [2.45, 2.75) is 13.5 Å². The lowest BCUT2D eigenvalue weighted by Gasteiger charge is -2.04. The van der Waals surface area contributed by atoms with Crippen LogP contribution in [-0.4, -0.2) is 11.2 Å². The minimum absolute atomic E-state index is 0. The first-order valence-corrected chi connectivity index (χ1v) is 5.16. The highest BCUT2D eigenvalue weighted by molar-refractivity contribution is 7.09. The summed E-state index contributed by atoms with van der Waals surface area (Å²) in [5.74, 6) is 0. The number of aromatic nitrogens is 1. The van der Waals surface area contributed by atoms with Crippen LogP contribution in [0.25, 0.3) is 10.9 Å². The van der Waals surface area contributed by atoms with E-state index in [4.69, 9.17) is 4.52 Å². The van der Waals surface area contributed by atoms with Crippen LogP contribution in [0.1, 0.15) is 6.99 Å². The average molecular weight is 211 g/mol. The molecule has 1 heterocycles. The molecule has 0 fully saturated rings. The van der Waals surface area contributed by atoms with Crippen LogP contribution in [0.15, 0.2) is 30.5 Å². The standard InChI is InChI=1S/C11H14NOP.H2/c1-9-3-2-4-11-10(9)5-6-12(11)7-8-13-14;/h2-6H,7-8,14H2,1H3;1H/i;1+2. The Bertz CT molecular complexity index is 441. The Morgan fingerprint density at radius 1 is 1.43 bits per heavy atom. The van der Waals surface area contributed by atoms with Gasteiger partial charge in [-0.05, 0) is 24.6 Å². The summed E-state index contributed by atoms with van der Waals surface area (Å²) in [5.41, 5.74) is 2.61. The smallest absolute Gasteiger partial charge is 0.0681 e. The van der Waals surface area contributed by atoms with Gasteiger partial charge in [-0.1, -0.05) is 12.1 Å². The number of benzene rings is 1. The van der Waals surface area contributed by atoms with Gasteiger partial charge in [-0.2, -0.15) is 0 Å². The molecule has 0 aliphatic heterocycles. The summed E-state index contributed by atoms with van der Waals surface area (Å²) < 4.78 is 7.20. The highest BCUT2D eigenvalue weighted by Gasteiger charge is 2.01. The molecule has 1 aromatic heterocycles. The Hall–Kier alpha value is -0.850. The van der Waals surface area contributed by atoms with E-state index in [0.717, 1.165) is 13.2 Å². The van der Waals surface area contributed by atoms with Crippen LogP contribution in [0.3, 0.4) is 0 Å². The maximum atomic E-state index is 4.99. The van der Waals surface area contributed by atoms with Gasteiger partial charge in [-0.25, -0.2) is 0 Å². The Labute approximate surface area is 87.6 Å². The zero-order chi connectivity index (χ0) is 9.97. The molecule has 1 aromatic carbocycles. The number of fused-ring (bicyclic) bond motifs is 1. The lowest BCUT2D eigenvalue weighted by Crippen LogP contribution is -2.00. The van der Waals surface area contributed by atoms with E-state index in [1.54, 1.807) is 0 Å². The SMILES string of the molecule is Cc1cccc2c1ccn2CCOP.[3HH]. The van der Waals surface area contributed by atoms with Crippen molar-refractivity contribution >= 4 is 20.4 Å². The molecule has 0 saturated carbocycles. The van der Waals surface area contributed by atoms with Crippen molar-refractivity contribution in [2.75, 3.05) is 6.61 Å². The molecule has 0 radical (unpaired) electrons. The normalized spacial score (nSPS) is 11.0. The summed E-state index contributed by atoms with van der Waals surface area (Å²) in [4.78, 5) is 0. The molecule has 1 unspecified atom stereocenters. The molecule has 14 heavy (non-hydrogen) atoms. The van der Waals surface area contributed by atoms with Gasteiger partial charge in [0.2, 0.25) is 0 Å². The monoisotopic (exact) mass is 211 g/mol. The lowest BCUT2D eigenvalue weighted by atomic mass is 10.1. The molecular weight excluding hydrogens is 193 g/mol. The largest absolute Gasteiger partial charge is 0.364 e. The summed E-state index contributed by atoms with van der Waals surface area (Å²) in [6.45, 7) is 3.76. The summed E-state index contributed by atoms with van der Waals surface area (Å²) in [7, 11) is 2.28. The first-order valence-electron chi connectivity index (χ1n) is 4.69. The van der Waals surface area contributed by atoms with Crippen molar-refractivity contribution in [3.8, 4) is 0 Å². The maximum absolute atomic E-state index is 4.99. The van der Waals surface area contributed by atoms with E-state index in [2.05, 4.69) is 51.4 Å². The second kappa shape index (κ2) is 4.12. The molecule has 0 spiro atoms. The Kier molecular flexibility index (Phi) is 2.85. The Morgan fingerprint density at radius 2 is 2.29 bits per heavy atom. The van der Waals surface area contributed by atoms with Crippen LogP contribution in [0.4, 0.5) is 0 Å². The van der Waals surface area contributed by atoms with E-state index in [1.807, 2.05) is 0 Å². The molecule has 0 amide bonds. The van der Waals surface area contributed by atoms with E-state index >= 15 is 0 Å². The van der Waals surface area contributed by atoms with Crippen molar-refractivity contribution in [3.05, 3.63) is 36.0 Å². The van der Waals surface area contributed by atoms with Gasteiger partial charge in [0.15, 0.2) is 0 Å². The predicted molar refractivity (Wildman–Crippen MR) is 64.5 cm³/mol. The van der Waals surface area contributed by atoms with Crippen molar-refractivity contribution < 1.29 is 5.95 Å². The van der Waals surface area contributed by atoms with Gasteiger partial charge in [-0.15, -0.1) is 0 Å². The van der Waals surface area contributed by atoms with Crippen molar-refractivity contribution in [2.24, 2.45) is 0 Å². The van der Waals surface area contributed by atoms with Gasteiger partial charge >= 0.3 is 0 Å². The summed E-state index contributed by atoms with van der Waals surface area (Å²) >= 11 is 0. The maximum Gasteiger partial charge on any atom is 0.0681 e. The predicted octanol–water partition coefficient (Wildman–Crippen LogP) is 3.00. The molecular formula is C11H16NOP. The quantitative estimate of drug-likeness (QED) is 0.712. The third-order valence-corrected chi connectivity index (χ3v) is 2.72. The molecule has 1 atom stereocenters. The van der Waals surface area contributed by atoms with Crippen LogP contribution >= 0.6 is 9.47 Å². The fourth-order valence-corrected chi connectivity index (χ4v) is 1.83. The third kappa shape index (κ3) is 1.68. The first kappa shape index (κ1) is 9.70. The molecule has 0 aliphatic carbocycles. The molecule has 76 valence electrons.